The fourth-order valence-corrected chi connectivity index (χ4v) is 3.62. The molecule has 4 nitrogen and oxygen atoms in total. The van der Waals surface area contributed by atoms with E-state index in [1.807, 2.05) is 36.4 Å². The van der Waals surface area contributed by atoms with Crippen LogP contribution in [0.3, 0.4) is 0 Å². The molecule has 6 heteroatoms. The van der Waals surface area contributed by atoms with Crippen LogP contribution >= 0.6 is 19.6 Å². The first-order valence-electron chi connectivity index (χ1n) is 6.26. The van der Waals surface area contributed by atoms with Gasteiger partial charge in [-0.2, -0.15) is 0 Å². The van der Waals surface area contributed by atoms with Crippen molar-refractivity contribution >= 4 is 19.6 Å². The molecular formula is C14H17O4PS. The molecule has 1 fully saturated rings. The van der Waals surface area contributed by atoms with Gasteiger partial charge in [0.15, 0.2) is 0 Å². The summed E-state index contributed by atoms with van der Waals surface area (Å²) < 4.78 is 21.4. The zero-order valence-electron chi connectivity index (χ0n) is 10.9. The van der Waals surface area contributed by atoms with E-state index in [0.717, 1.165) is 5.75 Å². The van der Waals surface area contributed by atoms with Gasteiger partial charge >= 0.3 is 7.82 Å². The summed E-state index contributed by atoms with van der Waals surface area (Å²) in [7, 11) is -3.95. The molecule has 1 aromatic rings. The fourth-order valence-electron chi connectivity index (χ4n) is 1.80. The Morgan fingerprint density at radius 2 is 2.05 bits per heavy atom. The molecule has 108 valence electrons. The highest BCUT2D eigenvalue weighted by Crippen LogP contribution is 2.50. The van der Waals surface area contributed by atoms with E-state index >= 15 is 0 Å². The lowest BCUT2D eigenvalue weighted by atomic mass is 10.1. The topological polar surface area (TPSA) is 55.8 Å². The molecule has 2 rings (SSSR count). The third-order valence-electron chi connectivity index (χ3n) is 2.70. The number of thioether (sulfide) groups is 1. The molecule has 0 spiro atoms. The second kappa shape index (κ2) is 7.25. The molecule has 20 heavy (non-hydrogen) atoms. The van der Waals surface area contributed by atoms with Gasteiger partial charge in [-0.15, -0.1) is 18.3 Å². The lowest BCUT2D eigenvalue weighted by Crippen LogP contribution is -2.25. The smallest absolute Gasteiger partial charge is 0.302 e. The van der Waals surface area contributed by atoms with Crippen molar-refractivity contribution in [2.24, 2.45) is 0 Å². The first-order valence-corrected chi connectivity index (χ1v) is 8.74. The second-order valence-corrected chi connectivity index (χ2v) is 6.73. The fraction of sp³-hybridized carbons (Fsp3) is 0.286. The summed E-state index contributed by atoms with van der Waals surface area (Å²) in [6, 6.07) is 10.0. The van der Waals surface area contributed by atoms with Crippen molar-refractivity contribution in [3.63, 3.8) is 0 Å². The molecule has 1 unspecified atom stereocenters. The van der Waals surface area contributed by atoms with Crippen LogP contribution in [0.4, 0.5) is 0 Å². The van der Waals surface area contributed by atoms with Crippen LogP contribution < -0.4 is 0 Å². The highest BCUT2D eigenvalue weighted by atomic mass is 32.2. The summed E-state index contributed by atoms with van der Waals surface area (Å²) in [6.07, 6.45) is 4.90. The first-order chi connectivity index (χ1) is 9.59. The van der Waals surface area contributed by atoms with Gasteiger partial charge in [0, 0.05) is 17.1 Å². The molecule has 3 atom stereocenters. The normalized spacial score (nSPS) is 30.4. The van der Waals surface area contributed by atoms with Crippen molar-refractivity contribution in [2.75, 3.05) is 5.75 Å². The average Bonchev–Trinajstić information content (AvgIpc) is 2.43. The molecule has 1 heterocycles. The third-order valence-corrected chi connectivity index (χ3v) is 4.74. The van der Waals surface area contributed by atoms with E-state index in [1.54, 1.807) is 17.8 Å². The van der Waals surface area contributed by atoms with Crippen molar-refractivity contribution in [1.29, 1.82) is 0 Å². The van der Waals surface area contributed by atoms with Crippen LogP contribution in [-0.4, -0.2) is 22.9 Å². The zero-order valence-corrected chi connectivity index (χ0v) is 12.6. The Morgan fingerprint density at radius 1 is 1.35 bits per heavy atom. The summed E-state index contributed by atoms with van der Waals surface area (Å²) in [5.74, 6) is 0.777. The van der Waals surface area contributed by atoms with Gasteiger partial charge < -0.3 is 4.89 Å². The van der Waals surface area contributed by atoms with Gasteiger partial charge in [-0.1, -0.05) is 36.4 Å². The minimum atomic E-state index is -3.95. The van der Waals surface area contributed by atoms with Crippen LogP contribution in [0, 0.1) is 0 Å². The summed E-state index contributed by atoms with van der Waals surface area (Å²) in [5.41, 5.74) is 0. The molecule has 1 saturated heterocycles. The molecule has 0 saturated carbocycles. The summed E-state index contributed by atoms with van der Waals surface area (Å²) in [4.78, 5) is 10.6. The van der Waals surface area contributed by atoms with Gasteiger partial charge in [0.1, 0.15) is 0 Å². The molecule has 0 radical (unpaired) electrons. The molecule has 1 N–H and O–H groups in total. The summed E-state index contributed by atoms with van der Waals surface area (Å²) in [6.45, 7) is 3.58. The average molecular weight is 312 g/mol. The van der Waals surface area contributed by atoms with Gasteiger partial charge in [0.2, 0.25) is 0 Å². The van der Waals surface area contributed by atoms with E-state index in [0.29, 0.717) is 6.42 Å². The summed E-state index contributed by atoms with van der Waals surface area (Å²) >= 11 is 1.69. The van der Waals surface area contributed by atoms with E-state index < -0.39 is 20.0 Å². The van der Waals surface area contributed by atoms with Crippen molar-refractivity contribution in [3.8, 4) is 0 Å². The second-order valence-electron chi connectivity index (χ2n) is 4.28. The van der Waals surface area contributed by atoms with E-state index in [-0.39, 0.29) is 0 Å². The number of hydrogen-bond acceptors (Lipinski definition) is 4. The van der Waals surface area contributed by atoms with Crippen molar-refractivity contribution < 1.29 is 18.5 Å². The van der Waals surface area contributed by atoms with E-state index in [1.165, 1.54) is 11.0 Å². The highest BCUT2D eigenvalue weighted by molar-refractivity contribution is 7.99. The van der Waals surface area contributed by atoms with Gasteiger partial charge in [0.05, 0.1) is 12.2 Å². The minimum absolute atomic E-state index is 0.418. The van der Waals surface area contributed by atoms with Crippen molar-refractivity contribution in [2.45, 2.75) is 23.5 Å². The molecule has 0 amide bonds. The molecule has 0 aliphatic carbocycles. The highest BCUT2D eigenvalue weighted by Gasteiger charge is 2.35. The Hall–Kier alpha value is -0.840. The van der Waals surface area contributed by atoms with E-state index in [4.69, 9.17) is 9.05 Å². The van der Waals surface area contributed by atoms with Crippen LogP contribution in [0.15, 0.2) is 60.0 Å². The predicted octanol–water partition coefficient (Wildman–Crippen LogP) is 3.80. The number of hydrogen-bond donors (Lipinski definition) is 1. The zero-order chi connectivity index (χ0) is 14.4. The van der Waals surface area contributed by atoms with Crippen LogP contribution in [0.5, 0.6) is 0 Å². The van der Waals surface area contributed by atoms with Crippen molar-refractivity contribution in [1.82, 2.24) is 0 Å². The Kier molecular flexibility index (Phi) is 5.64. The Balaban J connectivity index is 1.84. The minimum Gasteiger partial charge on any atom is -0.302 e. The van der Waals surface area contributed by atoms with Crippen LogP contribution in [0.2, 0.25) is 0 Å². The largest absolute Gasteiger partial charge is 0.473 e. The van der Waals surface area contributed by atoms with Crippen LogP contribution in [0.1, 0.15) is 6.42 Å². The molecule has 1 aliphatic heterocycles. The lowest BCUT2D eigenvalue weighted by molar-refractivity contribution is 0.0405. The number of benzene rings is 1. The molecule has 0 aromatic heterocycles. The molecular weight excluding hydrogens is 295 g/mol. The number of rotatable bonds is 5. The van der Waals surface area contributed by atoms with Gasteiger partial charge in [0.25, 0.3) is 0 Å². The van der Waals surface area contributed by atoms with Gasteiger partial charge in [-0.25, -0.2) is 4.57 Å². The molecule has 0 bridgehead atoms. The molecule has 1 aliphatic rings. The summed E-state index contributed by atoms with van der Waals surface area (Å²) in [5, 5.41) is 0. The van der Waals surface area contributed by atoms with E-state index in [9.17, 15) is 9.46 Å². The van der Waals surface area contributed by atoms with Gasteiger partial charge in [-0.05, 0) is 12.1 Å². The predicted molar refractivity (Wildman–Crippen MR) is 80.7 cm³/mol. The first kappa shape index (κ1) is 15.5. The third kappa shape index (κ3) is 4.93. The monoisotopic (exact) mass is 312 g/mol. The maximum atomic E-state index is 11.5. The number of phosphoric acid groups is 1. The van der Waals surface area contributed by atoms with Crippen molar-refractivity contribution in [3.05, 3.63) is 55.1 Å². The van der Waals surface area contributed by atoms with E-state index in [2.05, 4.69) is 6.58 Å². The number of phosphoric ester groups is 1. The quantitative estimate of drug-likeness (QED) is 0.509. The van der Waals surface area contributed by atoms with Crippen LogP contribution in [-0.2, 0) is 13.6 Å². The Morgan fingerprint density at radius 3 is 2.75 bits per heavy atom. The maximum Gasteiger partial charge on any atom is 0.473 e. The Labute approximate surface area is 123 Å². The Bertz CT molecular complexity index is 517. The molecule has 1 aromatic carbocycles. The standard InChI is InChI=1S/C14H17O4PS/c1-2-12-11-13(18-19(15,16)17-12)7-6-10-20-14-8-4-3-5-9-14/h2-9,12-13H,1,10-11H2,(H,15,16)/b7-6+/t12-,13-/m1/s1. The van der Waals surface area contributed by atoms with Crippen LogP contribution in [0.25, 0.3) is 0 Å². The van der Waals surface area contributed by atoms with Gasteiger partial charge in [-0.3, -0.25) is 9.05 Å². The lowest BCUT2D eigenvalue weighted by Gasteiger charge is -2.28. The maximum absolute atomic E-state index is 11.5. The SMILES string of the molecule is C=C[C@@H]1C[C@@H](/C=C/CSc2ccccc2)OP(=O)(O)O1.